The summed E-state index contributed by atoms with van der Waals surface area (Å²) in [7, 11) is 0. The van der Waals surface area contributed by atoms with Crippen LogP contribution in [0, 0.1) is 0 Å². The van der Waals surface area contributed by atoms with E-state index in [2.05, 4.69) is 37.8 Å². The van der Waals surface area contributed by atoms with E-state index < -0.39 is 5.97 Å². The molecular weight excluding hydrogens is 314 g/mol. The maximum atomic E-state index is 11.1. The average Bonchev–Trinajstić information content (AvgIpc) is 2.91. The molecule has 1 heterocycles. The predicted octanol–water partition coefficient (Wildman–Crippen LogP) is 3.72. The maximum absolute atomic E-state index is 11.1. The lowest BCUT2D eigenvalue weighted by Crippen LogP contribution is -2.36. The van der Waals surface area contributed by atoms with Crippen LogP contribution >= 0.6 is 12.4 Å². The molecule has 0 radical (unpaired) electrons. The third kappa shape index (κ3) is 5.70. The molecule has 5 heteroatoms. The van der Waals surface area contributed by atoms with Gasteiger partial charge in [-0.2, -0.15) is 0 Å². The summed E-state index contributed by atoms with van der Waals surface area (Å²) in [6.45, 7) is 8.85. The summed E-state index contributed by atoms with van der Waals surface area (Å²) in [6.07, 6.45) is 2.60. The third-order valence-corrected chi connectivity index (χ3v) is 4.21. The Hall–Kier alpha value is -1.26. The van der Waals surface area contributed by atoms with Gasteiger partial charge in [-0.25, -0.2) is 0 Å². The molecule has 0 saturated carbocycles. The minimum absolute atomic E-state index is 0. The van der Waals surface area contributed by atoms with Crippen molar-refractivity contribution in [2.45, 2.75) is 51.5 Å². The fraction of sp³-hybridized carbons (Fsp3) is 0.611. The van der Waals surface area contributed by atoms with Crippen molar-refractivity contribution in [3.05, 3.63) is 29.8 Å². The summed E-state index contributed by atoms with van der Waals surface area (Å²) < 4.78 is 5.82. The maximum Gasteiger partial charge on any atom is 0.320 e. The van der Waals surface area contributed by atoms with Crippen molar-refractivity contribution in [2.75, 3.05) is 19.7 Å². The number of ether oxygens (including phenoxy) is 1. The molecule has 0 spiro atoms. The first-order valence-electron chi connectivity index (χ1n) is 8.08. The second kappa shape index (κ2) is 8.55. The van der Waals surface area contributed by atoms with Crippen molar-refractivity contribution >= 4 is 18.4 Å². The topological polar surface area (TPSA) is 49.8 Å². The molecule has 1 saturated heterocycles. The Morgan fingerprint density at radius 1 is 1.39 bits per heavy atom. The molecule has 1 aliphatic rings. The van der Waals surface area contributed by atoms with Crippen LogP contribution in [0.25, 0.3) is 0 Å². The number of hydrogen-bond acceptors (Lipinski definition) is 3. The molecule has 0 unspecified atom stereocenters. The summed E-state index contributed by atoms with van der Waals surface area (Å²) in [5.74, 6) is 0.194. The van der Waals surface area contributed by atoms with Crippen LogP contribution in [0.5, 0.6) is 5.75 Å². The van der Waals surface area contributed by atoms with E-state index in [1.54, 1.807) is 0 Å². The van der Waals surface area contributed by atoms with Crippen LogP contribution in [0.1, 0.15) is 45.6 Å². The van der Waals surface area contributed by atoms with Crippen molar-refractivity contribution in [1.29, 1.82) is 0 Å². The Morgan fingerprint density at radius 2 is 2.13 bits per heavy atom. The van der Waals surface area contributed by atoms with Crippen molar-refractivity contribution in [3.8, 4) is 5.75 Å². The number of benzene rings is 1. The number of likely N-dealkylation sites (tertiary alicyclic amines) is 1. The first-order chi connectivity index (χ1) is 10.4. The van der Waals surface area contributed by atoms with Crippen molar-refractivity contribution in [1.82, 2.24) is 4.90 Å². The molecule has 4 nitrogen and oxygen atoms in total. The van der Waals surface area contributed by atoms with Gasteiger partial charge in [-0.15, -0.1) is 12.4 Å². The Balaban J connectivity index is 0.00000264. The molecular formula is C18H28ClNO3. The van der Waals surface area contributed by atoms with E-state index in [-0.39, 0.29) is 23.9 Å². The number of hydrogen-bond donors (Lipinski definition) is 1. The first-order valence-corrected chi connectivity index (χ1v) is 8.08. The fourth-order valence-electron chi connectivity index (χ4n) is 2.88. The zero-order valence-corrected chi connectivity index (χ0v) is 15.1. The van der Waals surface area contributed by atoms with Crippen LogP contribution in [0.2, 0.25) is 0 Å². The van der Waals surface area contributed by atoms with Gasteiger partial charge < -0.3 is 9.84 Å². The highest BCUT2D eigenvalue weighted by molar-refractivity contribution is 5.85. The highest BCUT2D eigenvalue weighted by Crippen LogP contribution is 2.25. The predicted molar refractivity (Wildman–Crippen MR) is 94.7 cm³/mol. The largest absolute Gasteiger partial charge is 0.494 e. The molecule has 1 aliphatic heterocycles. The molecule has 1 N–H and O–H groups in total. The quantitative estimate of drug-likeness (QED) is 0.801. The molecule has 1 atom stereocenters. The van der Waals surface area contributed by atoms with Crippen molar-refractivity contribution in [2.24, 2.45) is 0 Å². The highest BCUT2D eigenvalue weighted by Gasteiger charge is 2.29. The van der Waals surface area contributed by atoms with Gasteiger partial charge in [0.2, 0.25) is 0 Å². The molecule has 1 aromatic carbocycles. The number of carboxylic acids is 1. The standard InChI is InChI=1S/C18H27NO3.ClH/c1-18(2,3)14-7-4-8-15(13-14)22-12-6-11-19-10-5-9-16(19)17(20)21;/h4,7-8,13,16H,5-6,9-12H2,1-3H3,(H,20,21);1H/t16-;/m1./s1. The first kappa shape index (κ1) is 19.8. The van der Waals surface area contributed by atoms with E-state index in [9.17, 15) is 4.79 Å². The lowest BCUT2D eigenvalue weighted by molar-refractivity contribution is -0.142. The monoisotopic (exact) mass is 341 g/mol. The second-order valence-electron chi connectivity index (χ2n) is 7.01. The average molecular weight is 342 g/mol. The summed E-state index contributed by atoms with van der Waals surface area (Å²) >= 11 is 0. The highest BCUT2D eigenvalue weighted by atomic mass is 35.5. The van der Waals surface area contributed by atoms with Crippen LogP contribution in [0.15, 0.2) is 24.3 Å². The molecule has 23 heavy (non-hydrogen) atoms. The molecule has 0 aromatic heterocycles. The second-order valence-corrected chi connectivity index (χ2v) is 7.01. The van der Waals surface area contributed by atoms with Gasteiger partial charge >= 0.3 is 5.97 Å². The number of carboxylic acid groups (broad SMARTS) is 1. The number of carbonyl (C=O) groups is 1. The van der Waals surface area contributed by atoms with Gasteiger partial charge in [-0.05, 0) is 48.9 Å². The van der Waals surface area contributed by atoms with Crippen LogP contribution < -0.4 is 4.74 Å². The van der Waals surface area contributed by atoms with E-state index in [0.717, 1.165) is 38.1 Å². The Bertz CT molecular complexity index is 513. The zero-order chi connectivity index (χ0) is 16.2. The van der Waals surface area contributed by atoms with Gasteiger partial charge in [0, 0.05) is 6.54 Å². The van der Waals surface area contributed by atoms with Crippen molar-refractivity contribution < 1.29 is 14.6 Å². The fourth-order valence-corrected chi connectivity index (χ4v) is 2.88. The van der Waals surface area contributed by atoms with E-state index in [4.69, 9.17) is 9.84 Å². The summed E-state index contributed by atoms with van der Waals surface area (Å²) in [4.78, 5) is 13.2. The van der Waals surface area contributed by atoms with Crippen LogP contribution in [-0.4, -0.2) is 41.7 Å². The molecule has 0 aliphatic carbocycles. The number of nitrogens with zero attached hydrogens (tertiary/aromatic N) is 1. The molecule has 130 valence electrons. The van der Waals surface area contributed by atoms with Gasteiger partial charge in [0.05, 0.1) is 6.61 Å². The lowest BCUT2D eigenvalue weighted by Gasteiger charge is -2.21. The summed E-state index contributed by atoms with van der Waals surface area (Å²) in [6, 6.07) is 7.91. The minimum Gasteiger partial charge on any atom is -0.494 e. The SMILES string of the molecule is CC(C)(C)c1cccc(OCCCN2CCC[C@@H]2C(=O)O)c1.Cl. The summed E-state index contributed by atoms with van der Waals surface area (Å²) in [5, 5.41) is 9.15. The molecule has 1 fully saturated rings. The number of aliphatic carboxylic acids is 1. The minimum atomic E-state index is -0.698. The van der Waals surface area contributed by atoms with Crippen molar-refractivity contribution in [3.63, 3.8) is 0 Å². The number of halogens is 1. The smallest absolute Gasteiger partial charge is 0.320 e. The number of rotatable bonds is 6. The van der Waals surface area contributed by atoms with E-state index in [1.807, 2.05) is 12.1 Å². The van der Waals surface area contributed by atoms with Crippen LogP contribution in [0.3, 0.4) is 0 Å². The summed E-state index contributed by atoms with van der Waals surface area (Å²) in [5.41, 5.74) is 1.37. The van der Waals surface area contributed by atoms with Gasteiger partial charge in [-0.1, -0.05) is 32.9 Å². The van der Waals surface area contributed by atoms with Gasteiger partial charge in [0.15, 0.2) is 0 Å². The van der Waals surface area contributed by atoms with E-state index in [1.165, 1.54) is 5.56 Å². The van der Waals surface area contributed by atoms with Gasteiger partial charge in [-0.3, -0.25) is 9.69 Å². The van der Waals surface area contributed by atoms with E-state index in [0.29, 0.717) is 6.61 Å². The Morgan fingerprint density at radius 3 is 2.78 bits per heavy atom. The molecule has 1 aromatic rings. The van der Waals surface area contributed by atoms with Gasteiger partial charge in [0.1, 0.15) is 11.8 Å². The van der Waals surface area contributed by atoms with Gasteiger partial charge in [0.25, 0.3) is 0 Å². The zero-order valence-electron chi connectivity index (χ0n) is 14.2. The molecule has 0 bridgehead atoms. The third-order valence-electron chi connectivity index (χ3n) is 4.21. The Labute approximate surface area is 145 Å². The molecule has 2 rings (SSSR count). The van der Waals surface area contributed by atoms with Crippen LogP contribution in [-0.2, 0) is 10.2 Å². The lowest BCUT2D eigenvalue weighted by atomic mass is 9.87. The molecule has 0 amide bonds. The van der Waals surface area contributed by atoms with Crippen LogP contribution in [0.4, 0.5) is 0 Å². The van der Waals surface area contributed by atoms with E-state index >= 15 is 0 Å². The Kier molecular flexibility index (Phi) is 7.36. The normalized spacial score (nSPS) is 18.5.